The van der Waals surface area contributed by atoms with E-state index in [1.165, 1.54) is 12.1 Å². The summed E-state index contributed by atoms with van der Waals surface area (Å²) in [5, 5.41) is 21.4. The molecule has 29 heavy (non-hydrogen) atoms. The summed E-state index contributed by atoms with van der Waals surface area (Å²) in [6.07, 6.45) is 0.171. The fraction of sp³-hybridized carbons (Fsp3) is 0.190. The van der Waals surface area contributed by atoms with Crippen LogP contribution in [0.1, 0.15) is 35.9 Å². The summed E-state index contributed by atoms with van der Waals surface area (Å²) in [6.45, 7) is 3.29. The van der Waals surface area contributed by atoms with Crippen molar-refractivity contribution >= 4 is 33.9 Å². The van der Waals surface area contributed by atoms with Gasteiger partial charge in [0, 0.05) is 27.1 Å². The van der Waals surface area contributed by atoms with Crippen molar-refractivity contribution in [1.29, 1.82) is 0 Å². The Balaban J connectivity index is 2.32. The number of hydrogen-bond acceptors (Lipinski definition) is 5. The van der Waals surface area contributed by atoms with Gasteiger partial charge in [-0.05, 0) is 30.3 Å². The molecular weight excluding hydrogens is 442 g/mol. The number of aliphatic carboxylic acids is 1. The van der Waals surface area contributed by atoms with E-state index in [-0.39, 0.29) is 16.9 Å². The van der Waals surface area contributed by atoms with Gasteiger partial charge in [0.25, 0.3) is 5.91 Å². The Labute approximate surface area is 176 Å². The molecular formula is C21H20BrNO6. The van der Waals surface area contributed by atoms with E-state index in [0.29, 0.717) is 4.47 Å². The molecule has 0 unspecified atom stereocenters. The quantitative estimate of drug-likeness (QED) is 0.548. The summed E-state index contributed by atoms with van der Waals surface area (Å²) in [5.41, 5.74) is -0.498. The molecule has 0 aliphatic rings. The Hall–Kier alpha value is -3.13. The van der Waals surface area contributed by atoms with Crippen molar-refractivity contribution in [2.45, 2.75) is 20.0 Å². The fourth-order valence-corrected chi connectivity index (χ4v) is 2.99. The summed E-state index contributed by atoms with van der Waals surface area (Å²) in [7, 11) is 0. The number of ether oxygens (including phenoxy) is 1. The highest BCUT2D eigenvalue weighted by Gasteiger charge is 2.35. The number of phenols is 1. The van der Waals surface area contributed by atoms with Gasteiger partial charge in [-0.15, -0.1) is 0 Å². The third-order valence-corrected chi connectivity index (χ3v) is 4.57. The molecule has 2 rings (SSSR count). The minimum atomic E-state index is -1.17. The fourth-order valence-electron chi connectivity index (χ4n) is 2.62. The number of hydrogen-bond donors (Lipinski definition) is 3. The molecule has 7 nitrogen and oxygen atoms in total. The molecule has 2 aromatic carbocycles. The minimum Gasteiger partial charge on any atom is -0.508 e. The van der Waals surface area contributed by atoms with Crippen LogP contribution >= 0.6 is 15.9 Å². The molecule has 2 amide bonds. The van der Waals surface area contributed by atoms with Gasteiger partial charge in [-0.25, -0.2) is 9.59 Å². The second kappa shape index (κ2) is 9.38. The Bertz CT molecular complexity index is 939. The van der Waals surface area contributed by atoms with Gasteiger partial charge in [-0.1, -0.05) is 54.1 Å². The van der Waals surface area contributed by atoms with Crippen molar-refractivity contribution in [3.05, 3.63) is 76.3 Å². The van der Waals surface area contributed by atoms with Crippen LogP contribution in [0.5, 0.6) is 5.75 Å². The van der Waals surface area contributed by atoms with E-state index in [9.17, 15) is 19.5 Å². The average molecular weight is 462 g/mol. The summed E-state index contributed by atoms with van der Waals surface area (Å²) < 4.78 is 6.09. The van der Waals surface area contributed by atoms with E-state index in [2.05, 4.69) is 21.2 Å². The molecule has 0 aliphatic heterocycles. The van der Waals surface area contributed by atoms with Gasteiger partial charge in [0.1, 0.15) is 11.9 Å². The Morgan fingerprint density at radius 2 is 1.79 bits per heavy atom. The lowest BCUT2D eigenvalue weighted by molar-refractivity contribution is -0.131. The van der Waals surface area contributed by atoms with Gasteiger partial charge in [0.2, 0.25) is 0 Å². The molecule has 8 heteroatoms. The zero-order valence-corrected chi connectivity index (χ0v) is 17.3. The van der Waals surface area contributed by atoms with E-state index in [4.69, 9.17) is 9.84 Å². The number of benzene rings is 2. The summed E-state index contributed by atoms with van der Waals surface area (Å²) in [5.74, 6) is -1.96. The number of rotatable bonds is 6. The average Bonchev–Trinajstić information content (AvgIpc) is 2.67. The maximum Gasteiger partial charge on any atom is 0.414 e. The molecule has 0 radical (unpaired) electrons. The lowest BCUT2D eigenvalue weighted by atomic mass is 9.81. The highest BCUT2D eigenvalue weighted by atomic mass is 79.9. The van der Waals surface area contributed by atoms with Gasteiger partial charge in [0.15, 0.2) is 0 Å². The van der Waals surface area contributed by atoms with Crippen LogP contribution in [0.15, 0.2) is 65.2 Å². The summed E-state index contributed by atoms with van der Waals surface area (Å²) in [6, 6.07) is 12.7. The first-order chi connectivity index (χ1) is 13.6. The van der Waals surface area contributed by atoms with E-state index < -0.39 is 29.5 Å². The number of amides is 2. The molecule has 0 bridgehead atoms. The molecule has 0 spiro atoms. The van der Waals surface area contributed by atoms with Crippen molar-refractivity contribution in [2.75, 3.05) is 0 Å². The number of phenolic OH excluding ortho intramolecular Hbond substituents is 1. The number of imide groups is 1. The van der Waals surface area contributed by atoms with Gasteiger partial charge < -0.3 is 14.9 Å². The minimum absolute atomic E-state index is 0.141. The number of carbonyl (C=O) groups excluding carboxylic acids is 2. The standard InChI is InChI=1S/C21H20BrNO6/c1-21(2,11-10-17(25)26)18(15-12-14(22)8-9-16(15)24)29-20(28)23-19(27)13-6-4-3-5-7-13/h3-12,18,24H,1-2H3,(H,25,26)(H,23,27,28)/b11-10+/t18-/m1/s1. The van der Waals surface area contributed by atoms with Crippen molar-refractivity contribution in [1.82, 2.24) is 5.32 Å². The first-order valence-corrected chi connectivity index (χ1v) is 9.37. The second-order valence-corrected chi connectivity index (χ2v) is 7.72. The van der Waals surface area contributed by atoms with Crippen LogP contribution in [0.4, 0.5) is 4.79 Å². The number of carboxylic acid groups (broad SMARTS) is 1. The van der Waals surface area contributed by atoms with Crippen molar-refractivity contribution in [2.24, 2.45) is 5.41 Å². The van der Waals surface area contributed by atoms with Gasteiger partial charge >= 0.3 is 12.1 Å². The van der Waals surface area contributed by atoms with E-state index in [1.54, 1.807) is 56.3 Å². The third-order valence-electron chi connectivity index (χ3n) is 4.08. The Kier molecular flexibility index (Phi) is 7.17. The largest absolute Gasteiger partial charge is 0.508 e. The van der Waals surface area contributed by atoms with E-state index >= 15 is 0 Å². The number of nitrogens with one attached hydrogen (secondary N) is 1. The molecule has 0 aliphatic carbocycles. The van der Waals surface area contributed by atoms with Gasteiger partial charge in [-0.2, -0.15) is 0 Å². The zero-order valence-electron chi connectivity index (χ0n) is 15.8. The number of halogens is 1. The predicted octanol–water partition coefficient (Wildman–Crippen LogP) is 4.43. The topological polar surface area (TPSA) is 113 Å². The SMILES string of the molecule is CC(C)(/C=C/C(=O)O)[C@H](OC(=O)NC(=O)c1ccccc1)c1cc(Br)ccc1O. The van der Waals surface area contributed by atoms with E-state index in [0.717, 1.165) is 6.08 Å². The van der Waals surface area contributed by atoms with Crippen LogP contribution in [0, 0.1) is 5.41 Å². The van der Waals surface area contributed by atoms with Crippen LogP contribution in [-0.4, -0.2) is 28.2 Å². The first kappa shape index (κ1) is 22.2. The summed E-state index contributed by atoms with van der Waals surface area (Å²) in [4.78, 5) is 35.5. The molecule has 0 fully saturated rings. The number of carboxylic acids is 1. The maximum absolute atomic E-state index is 12.4. The van der Waals surface area contributed by atoms with Crippen LogP contribution in [0.2, 0.25) is 0 Å². The van der Waals surface area contributed by atoms with E-state index in [1.807, 2.05) is 0 Å². The first-order valence-electron chi connectivity index (χ1n) is 8.58. The number of aromatic hydroxyl groups is 1. The molecule has 0 saturated carbocycles. The zero-order chi connectivity index (χ0) is 21.6. The van der Waals surface area contributed by atoms with Crippen LogP contribution in [0.25, 0.3) is 0 Å². The highest BCUT2D eigenvalue weighted by Crippen LogP contribution is 2.42. The molecule has 1 atom stereocenters. The van der Waals surface area contributed by atoms with Crippen molar-refractivity contribution in [3.8, 4) is 5.75 Å². The van der Waals surface area contributed by atoms with Gasteiger partial charge in [0.05, 0.1) is 0 Å². The Morgan fingerprint density at radius 3 is 2.41 bits per heavy atom. The number of carbonyl (C=O) groups is 3. The number of alkyl carbamates (subject to hydrolysis) is 1. The van der Waals surface area contributed by atoms with Gasteiger partial charge in [-0.3, -0.25) is 10.1 Å². The lowest BCUT2D eigenvalue weighted by Gasteiger charge is -2.32. The van der Waals surface area contributed by atoms with Crippen molar-refractivity contribution < 1.29 is 29.3 Å². The Morgan fingerprint density at radius 1 is 1.14 bits per heavy atom. The molecule has 0 saturated heterocycles. The molecule has 152 valence electrons. The third kappa shape index (κ3) is 6.18. The van der Waals surface area contributed by atoms with Crippen LogP contribution in [0.3, 0.4) is 0 Å². The monoisotopic (exact) mass is 461 g/mol. The molecule has 2 aromatic rings. The molecule has 0 aromatic heterocycles. The maximum atomic E-state index is 12.4. The normalized spacial score (nSPS) is 12.4. The van der Waals surface area contributed by atoms with Crippen LogP contribution in [-0.2, 0) is 9.53 Å². The second-order valence-electron chi connectivity index (χ2n) is 6.80. The summed E-state index contributed by atoms with van der Waals surface area (Å²) >= 11 is 3.30. The highest BCUT2D eigenvalue weighted by molar-refractivity contribution is 9.10. The predicted molar refractivity (Wildman–Crippen MR) is 109 cm³/mol. The smallest absolute Gasteiger partial charge is 0.414 e. The molecule has 0 heterocycles. The molecule has 3 N–H and O–H groups in total. The van der Waals surface area contributed by atoms with Crippen LogP contribution < -0.4 is 5.32 Å². The lowest BCUT2D eigenvalue weighted by Crippen LogP contribution is -2.35. The van der Waals surface area contributed by atoms with Crippen molar-refractivity contribution in [3.63, 3.8) is 0 Å².